The lowest BCUT2D eigenvalue weighted by Gasteiger charge is -2.20. The second kappa shape index (κ2) is 7.78. The summed E-state index contributed by atoms with van der Waals surface area (Å²) in [7, 11) is 0. The van der Waals surface area contributed by atoms with E-state index in [0.717, 1.165) is 6.42 Å². The highest BCUT2D eigenvalue weighted by molar-refractivity contribution is 8.56. The molecule has 1 saturated heterocycles. The van der Waals surface area contributed by atoms with Gasteiger partial charge in [0.2, 0.25) is 0 Å². The fraction of sp³-hybridized carbons (Fsp3) is 0.562. The molecule has 0 saturated carbocycles. The van der Waals surface area contributed by atoms with Gasteiger partial charge in [0.05, 0.1) is 18.3 Å². The van der Waals surface area contributed by atoms with Crippen molar-refractivity contribution in [2.24, 2.45) is 0 Å². The predicted octanol–water partition coefficient (Wildman–Crippen LogP) is 4.40. The molecule has 122 valence electrons. The second-order valence-electron chi connectivity index (χ2n) is 5.53. The lowest BCUT2D eigenvalue weighted by molar-refractivity contribution is 0.0143. The molecular weight excluding hydrogens is 319 g/mol. The number of hydrogen-bond donors (Lipinski definition) is 0. The van der Waals surface area contributed by atoms with Crippen molar-refractivity contribution in [1.29, 1.82) is 0 Å². The Morgan fingerprint density at radius 2 is 2.09 bits per heavy atom. The van der Waals surface area contributed by atoms with Crippen LogP contribution in [0.3, 0.4) is 0 Å². The summed E-state index contributed by atoms with van der Waals surface area (Å²) in [6.45, 7) is 1.01. The number of ether oxygens (including phenoxy) is 1. The summed E-state index contributed by atoms with van der Waals surface area (Å²) in [5, 5.41) is 0. The molecule has 0 unspecified atom stereocenters. The van der Waals surface area contributed by atoms with Crippen LogP contribution in [0, 0.1) is 0 Å². The van der Waals surface area contributed by atoms with E-state index in [0.29, 0.717) is 18.4 Å². The number of rotatable bonds is 7. The SMILES string of the molecule is CC[C@H]1O[C@@H](CC(=O)c2ccccc2)C[C@@H]1O[P@](C)(=O)SC. The number of ketones is 1. The number of carbonyl (C=O) groups is 1. The van der Waals surface area contributed by atoms with Crippen LogP contribution in [-0.4, -0.2) is 37.0 Å². The van der Waals surface area contributed by atoms with Gasteiger partial charge in [0.15, 0.2) is 5.78 Å². The van der Waals surface area contributed by atoms with Crippen LogP contribution in [0.25, 0.3) is 0 Å². The third kappa shape index (κ3) is 4.69. The Labute approximate surface area is 136 Å². The average Bonchev–Trinajstić information content (AvgIpc) is 2.89. The summed E-state index contributed by atoms with van der Waals surface area (Å²) in [5.74, 6) is 0.0747. The molecule has 2 rings (SSSR count). The minimum absolute atomic E-state index is 0.0747. The van der Waals surface area contributed by atoms with Gasteiger partial charge in [-0.1, -0.05) is 48.6 Å². The van der Waals surface area contributed by atoms with Gasteiger partial charge in [-0.25, -0.2) is 0 Å². The van der Waals surface area contributed by atoms with Gasteiger partial charge in [-0.05, 0) is 12.7 Å². The molecule has 1 fully saturated rings. The molecule has 4 atom stereocenters. The number of Topliss-reactive ketones (excluding diaryl/α,β-unsaturated/α-hetero) is 1. The van der Waals surface area contributed by atoms with E-state index in [1.165, 1.54) is 11.4 Å². The van der Waals surface area contributed by atoms with Gasteiger partial charge in [0, 0.05) is 25.1 Å². The third-order valence-electron chi connectivity index (χ3n) is 3.85. The standard InChI is InChI=1S/C16H23O4PS/c1-4-15-16(20-21(2,18)22-3)11-13(19-15)10-14(17)12-8-6-5-7-9-12/h5-9,13,15-16H,4,10-11H2,1-3H3/t13-,15+,16-,21-/m0/s1. The molecule has 0 radical (unpaired) electrons. The first-order valence-electron chi connectivity index (χ1n) is 7.50. The molecule has 0 aromatic heterocycles. The van der Waals surface area contributed by atoms with Gasteiger partial charge in [0.1, 0.15) is 0 Å². The van der Waals surface area contributed by atoms with Crippen molar-refractivity contribution >= 4 is 23.7 Å². The minimum atomic E-state index is -2.64. The Bertz CT molecular complexity index is 548. The number of benzene rings is 1. The minimum Gasteiger partial charge on any atom is -0.372 e. The maximum Gasteiger partial charge on any atom is 0.254 e. The molecule has 4 nitrogen and oxygen atoms in total. The highest BCUT2D eigenvalue weighted by Gasteiger charge is 2.38. The first kappa shape index (κ1) is 17.7. The van der Waals surface area contributed by atoms with Gasteiger partial charge in [0.25, 0.3) is 6.57 Å². The fourth-order valence-electron chi connectivity index (χ4n) is 2.64. The summed E-state index contributed by atoms with van der Waals surface area (Å²) in [6, 6.07) is 9.23. The Hall–Kier alpha value is -0.610. The van der Waals surface area contributed by atoms with Crippen LogP contribution in [-0.2, 0) is 13.8 Å². The van der Waals surface area contributed by atoms with Crippen LogP contribution < -0.4 is 0 Å². The molecule has 1 aliphatic heterocycles. The maximum atomic E-state index is 12.3. The van der Waals surface area contributed by atoms with Crippen LogP contribution in [0.4, 0.5) is 0 Å². The quantitative estimate of drug-likeness (QED) is 0.543. The van der Waals surface area contributed by atoms with Crippen molar-refractivity contribution in [3.63, 3.8) is 0 Å². The van der Waals surface area contributed by atoms with Crippen LogP contribution in [0.5, 0.6) is 0 Å². The van der Waals surface area contributed by atoms with Crippen LogP contribution >= 0.6 is 18.0 Å². The third-order valence-corrected chi connectivity index (χ3v) is 7.41. The second-order valence-corrected chi connectivity index (χ2v) is 10.7. The van der Waals surface area contributed by atoms with Crippen LogP contribution in [0.1, 0.15) is 36.5 Å². The van der Waals surface area contributed by atoms with Gasteiger partial charge >= 0.3 is 0 Å². The molecule has 0 bridgehead atoms. The average molecular weight is 342 g/mol. The smallest absolute Gasteiger partial charge is 0.254 e. The molecule has 6 heteroatoms. The molecular formula is C16H23O4PS. The van der Waals surface area contributed by atoms with Crippen molar-refractivity contribution < 1.29 is 18.6 Å². The van der Waals surface area contributed by atoms with Crippen LogP contribution in [0.2, 0.25) is 0 Å². The molecule has 0 aliphatic carbocycles. The molecule has 1 aromatic carbocycles. The van der Waals surface area contributed by atoms with E-state index in [9.17, 15) is 9.36 Å². The summed E-state index contributed by atoms with van der Waals surface area (Å²) < 4.78 is 23.8. The zero-order valence-corrected chi connectivity index (χ0v) is 14.9. The molecule has 0 N–H and O–H groups in total. The largest absolute Gasteiger partial charge is 0.372 e. The lowest BCUT2D eigenvalue weighted by atomic mass is 10.0. The summed E-state index contributed by atoms with van der Waals surface area (Å²) >= 11 is 1.25. The summed E-state index contributed by atoms with van der Waals surface area (Å²) in [5.41, 5.74) is 0.703. The molecule has 0 amide bonds. The highest BCUT2D eigenvalue weighted by atomic mass is 32.7. The lowest BCUT2D eigenvalue weighted by Crippen LogP contribution is -2.22. The molecule has 0 spiro atoms. The molecule has 1 heterocycles. The number of carbonyl (C=O) groups excluding carboxylic acids is 1. The van der Waals surface area contributed by atoms with Gasteiger partial charge < -0.3 is 9.26 Å². The molecule has 1 aromatic rings. The Morgan fingerprint density at radius 1 is 1.41 bits per heavy atom. The molecule has 1 aliphatic rings. The normalized spacial score (nSPS) is 27.5. The fourth-order valence-corrected chi connectivity index (χ4v) is 4.03. The summed E-state index contributed by atoms with van der Waals surface area (Å²) in [4.78, 5) is 12.3. The number of hydrogen-bond acceptors (Lipinski definition) is 5. The van der Waals surface area contributed by atoms with Crippen molar-refractivity contribution in [3.05, 3.63) is 35.9 Å². The zero-order chi connectivity index (χ0) is 16.2. The van der Waals surface area contributed by atoms with Crippen LogP contribution in [0.15, 0.2) is 30.3 Å². The van der Waals surface area contributed by atoms with E-state index in [2.05, 4.69) is 0 Å². The van der Waals surface area contributed by atoms with E-state index >= 15 is 0 Å². The van der Waals surface area contributed by atoms with Crippen molar-refractivity contribution in [3.8, 4) is 0 Å². The van der Waals surface area contributed by atoms with Crippen molar-refractivity contribution in [2.75, 3.05) is 12.9 Å². The summed E-state index contributed by atoms with van der Waals surface area (Å²) in [6.07, 6.45) is 3.09. The molecule has 22 heavy (non-hydrogen) atoms. The Balaban J connectivity index is 1.97. The Kier molecular flexibility index (Phi) is 6.27. The maximum absolute atomic E-state index is 12.3. The van der Waals surface area contributed by atoms with Crippen molar-refractivity contribution in [1.82, 2.24) is 0 Å². The van der Waals surface area contributed by atoms with E-state index in [4.69, 9.17) is 9.26 Å². The first-order valence-corrected chi connectivity index (χ1v) is 11.4. The highest BCUT2D eigenvalue weighted by Crippen LogP contribution is 2.57. The predicted molar refractivity (Wildman–Crippen MR) is 90.9 cm³/mol. The van der Waals surface area contributed by atoms with Gasteiger partial charge in [-0.2, -0.15) is 0 Å². The van der Waals surface area contributed by atoms with Gasteiger partial charge in [-0.3, -0.25) is 9.36 Å². The topological polar surface area (TPSA) is 52.6 Å². The van der Waals surface area contributed by atoms with Gasteiger partial charge in [-0.15, -0.1) is 0 Å². The monoisotopic (exact) mass is 342 g/mol. The van der Waals surface area contributed by atoms with E-state index < -0.39 is 6.57 Å². The van der Waals surface area contributed by atoms with Crippen molar-refractivity contribution in [2.45, 2.75) is 44.5 Å². The zero-order valence-electron chi connectivity index (χ0n) is 13.2. The first-order chi connectivity index (χ1) is 10.4. The Morgan fingerprint density at radius 3 is 2.68 bits per heavy atom. The van der Waals surface area contributed by atoms with E-state index in [-0.39, 0.29) is 24.1 Å². The van der Waals surface area contributed by atoms with E-state index in [1.54, 1.807) is 12.9 Å². The van der Waals surface area contributed by atoms with E-state index in [1.807, 2.05) is 37.3 Å².